The summed E-state index contributed by atoms with van der Waals surface area (Å²) in [7, 11) is 1.96. The van der Waals surface area contributed by atoms with Gasteiger partial charge in [0, 0.05) is 19.4 Å². The maximum Gasteiger partial charge on any atom is 0.239 e. The van der Waals surface area contributed by atoms with Crippen molar-refractivity contribution in [1.82, 2.24) is 19.7 Å². The molecule has 15 heavy (non-hydrogen) atoms. The Morgan fingerprint density at radius 1 is 1.53 bits per heavy atom. The van der Waals surface area contributed by atoms with Crippen molar-refractivity contribution in [3.63, 3.8) is 0 Å². The van der Waals surface area contributed by atoms with Crippen LogP contribution in [0.5, 0.6) is 0 Å². The van der Waals surface area contributed by atoms with Crippen molar-refractivity contribution in [3.8, 4) is 0 Å². The first-order chi connectivity index (χ1) is 7.16. The van der Waals surface area contributed by atoms with Gasteiger partial charge in [0.25, 0.3) is 0 Å². The van der Waals surface area contributed by atoms with Crippen LogP contribution in [-0.4, -0.2) is 19.7 Å². The van der Waals surface area contributed by atoms with E-state index >= 15 is 0 Å². The van der Waals surface area contributed by atoms with Crippen LogP contribution in [0, 0.1) is 6.92 Å². The lowest BCUT2D eigenvalue weighted by atomic mass is 10.5. The average molecular weight is 224 g/mol. The Morgan fingerprint density at radius 3 is 2.87 bits per heavy atom. The largest absolute Gasteiger partial charge is 0.338 e. The first-order valence-corrected chi connectivity index (χ1v) is 5.49. The summed E-state index contributed by atoms with van der Waals surface area (Å²) >= 11 is 1.60. The monoisotopic (exact) mass is 224 g/mol. The fourth-order valence-electron chi connectivity index (χ4n) is 1.15. The molecule has 2 heterocycles. The quantitative estimate of drug-likeness (QED) is 0.746. The molecule has 2 rings (SSSR count). The number of rotatable bonds is 3. The van der Waals surface area contributed by atoms with Crippen LogP contribution >= 0.6 is 11.8 Å². The molecule has 0 aliphatic heterocycles. The minimum atomic E-state index is 0.118. The highest BCUT2D eigenvalue weighted by Crippen LogP contribution is 2.32. The fraction of sp³-hybridized carbons (Fsp3) is 0.444. The lowest BCUT2D eigenvalue weighted by Crippen LogP contribution is -1.94. The van der Waals surface area contributed by atoms with E-state index < -0.39 is 0 Å². The third-order valence-electron chi connectivity index (χ3n) is 1.95. The maximum atomic E-state index is 5.10. The molecule has 0 N–H and O–H groups in total. The van der Waals surface area contributed by atoms with Crippen molar-refractivity contribution in [3.05, 3.63) is 24.1 Å². The van der Waals surface area contributed by atoms with Crippen molar-refractivity contribution in [2.24, 2.45) is 7.05 Å². The van der Waals surface area contributed by atoms with Crippen LogP contribution in [0.1, 0.15) is 23.9 Å². The van der Waals surface area contributed by atoms with Gasteiger partial charge in [0.05, 0.1) is 5.25 Å². The summed E-state index contributed by atoms with van der Waals surface area (Å²) in [5, 5.41) is 4.82. The summed E-state index contributed by atoms with van der Waals surface area (Å²) in [5.74, 6) is 1.30. The topological polar surface area (TPSA) is 56.7 Å². The number of imidazole rings is 1. The van der Waals surface area contributed by atoms with Gasteiger partial charge in [0.1, 0.15) is 0 Å². The highest BCUT2D eigenvalue weighted by molar-refractivity contribution is 7.99. The zero-order valence-electron chi connectivity index (χ0n) is 8.84. The van der Waals surface area contributed by atoms with Gasteiger partial charge in [-0.1, -0.05) is 16.9 Å². The molecule has 0 radical (unpaired) electrons. The number of hydrogen-bond donors (Lipinski definition) is 0. The van der Waals surface area contributed by atoms with Crippen LogP contribution in [0.4, 0.5) is 0 Å². The molecule has 5 nitrogen and oxygen atoms in total. The number of hydrogen-bond acceptors (Lipinski definition) is 5. The summed E-state index contributed by atoms with van der Waals surface area (Å²) < 4.78 is 7.06. The molecule has 0 saturated carbocycles. The van der Waals surface area contributed by atoms with Gasteiger partial charge >= 0.3 is 0 Å². The molecule has 0 aromatic carbocycles. The molecule has 6 heteroatoms. The second-order valence-electron chi connectivity index (χ2n) is 3.26. The predicted octanol–water partition coefficient (Wildman–Crippen LogP) is 1.96. The van der Waals surface area contributed by atoms with Gasteiger partial charge in [-0.15, -0.1) is 0 Å². The Hall–Kier alpha value is -1.30. The summed E-state index contributed by atoms with van der Waals surface area (Å²) in [6, 6.07) is 0. The second kappa shape index (κ2) is 4.06. The molecule has 1 atom stereocenters. The van der Waals surface area contributed by atoms with E-state index in [1.54, 1.807) is 18.0 Å². The fourth-order valence-corrected chi connectivity index (χ4v) is 2.01. The van der Waals surface area contributed by atoms with Gasteiger partial charge < -0.3 is 9.09 Å². The maximum absolute atomic E-state index is 5.10. The van der Waals surface area contributed by atoms with E-state index in [0.29, 0.717) is 11.7 Å². The van der Waals surface area contributed by atoms with Crippen molar-refractivity contribution in [1.29, 1.82) is 0 Å². The number of nitrogens with zero attached hydrogens (tertiary/aromatic N) is 4. The Balaban J connectivity index is 2.10. The van der Waals surface area contributed by atoms with Crippen molar-refractivity contribution < 1.29 is 4.52 Å². The molecule has 2 aromatic heterocycles. The molecule has 0 unspecified atom stereocenters. The van der Waals surface area contributed by atoms with Crippen LogP contribution in [0.3, 0.4) is 0 Å². The van der Waals surface area contributed by atoms with Crippen LogP contribution in [0.15, 0.2) is 22.1 Å². The molecule has 0 saturated heterocycles. The van der Waals surface area contributed by atoms with Crippen LogP contribution < -0.4 is 0 Å². The van der Waals surface area contributed by atoms with E-state index in [1.807, 2.05) is 31.7 Å². The van der Waals surface area contributed by atoms with Gasteiger partial charge in [-0.3, -0.25) is 0 Å². The van der Waals surface area contributed by atoms with Gasteiger partial charge in [0.15, 0.2) is 11.0 Å². The highest BCUT2D eigenvalue weighted by atomic mass is 32.2. The first-order valence-electron chi connectivity index (χ1n) is 4.61. The van der Waals surface area contributed by atoms with Crippen molar-refractivity contribution in [2.45, 2.75) is 24.3 Å². The molecule has 0 aliphatic rings. The van der Waals surface area contributed by atoms with Gasteiger partial charge in [-0.05, 0) is 13.8 Å². The number of aryl methyl sites for hydroxylation is 2. The third kappa shape index (κ3) is 2.20. The molecule has 0 fully saturated rings. The van der Waals surface area contributed by atoms with Gasteiger partial charge in [-0.2, -0.15) is 4.98 Å². The second-order valence-corrected chi connectivity index (χ2v) is 4.57. The van der Waals surface area contributed by atoms with Gasteiger partial charge in [-0.25, -0.2) is 4.98 Å². The summed E-state index contributed by atoms with van der Waals surface area (Å²) in [4.78, 5) is 8.41. The van der Waals surface area contributed by atoms with E-state index in [4.69, 9.17) is 4.52 Å². The highest BCUT2D eigenvalue weighted by Gasteiger charge is 2.16. The average Bonchev–Trinajstić information content (AvgIpc) is 2.77. The molecule has 0 amide bonds. The molecule has 80 valence electrons. The third-order valence-corrected chi connectivity index (χ3v) is 3.11. The van der Waals surface area contributed by atoms with E-state index in [-0.39, 0.29) is 5.25 Å². The number of aromatic nitrogens is 4. The molecule has 0 spiro atoms. The first kappa shape index (κ1) is 10.2. The Morgan fingerprint density at radius 2 is 2.33 bits per heavy atom. The van der Waals surface area contributed by atoms with Crippen LogP contribution in [-0.2, 0) is 7.05 Å². The lowest BCUT2D eigenvalue weighted by Gasteiger charge is -2.05. The lowest BCUT2D eigenvalue weighted by molar-refractivity contribution is 0.376. The van der Waals surface area contributed by atoms with Gasteiger partial charge in [0.2, 0.25) is 5.89 Å². The SMILES string of the molecule is Cc1noc([C@H](C)Sc2nccn2C)n1. The summed E-state index contributed by atoms with van der Waals surface area (Å²) in [5.41, 5.74) is 0. The van der Waals surface area contributed by atoms with E-state index in [1.165, 1.54) is 0 Å². The zero-order chi connectivity index (χ0) is 10.8. The van der Waals surface area contributed by atoms with E-state index in [9.17, 15) is 0 Å². The molecular formula is C9H12N4OS. The van der Waals surface area contributed by atoms with Crippen molar-refractivity contribution in [2.75, 3.05) is 0 Å². The van der Waals surface area contributed by atoms with Crippen molar-refractivity contribution >= 4 is 11.8 Å². The Labute approximate surface area is 91.9 Å². The zero-order valence-corrected chi connectivity index (χ0v) is 9.65. The van der Waals surface area contributed by atoms with E-state index in [0.717, 1.165) is 5.16 Å². The molecule has 2 aromatic rings. The molecule has 0 bridgehead atoms. The normalized spacial score (nSPS) is 13.0. The minimum absolute atomic E-state index is 0.118. The van der Waals surface area contributed by atoms with E-state index in [2.05, 4.69) is 15.1 Å². The standard InChI is InChI=1S/C9H12N4OS/c1-6(8-11-7(2)12-14-8)15-9-10-4-5-13(9)3/h4-6H,1-3H3/t6-/m0/s1. The summed E-state index contributed by atoms with van der Waals surface area (Å²) in [6.07, 6.45) is 3.68. The summed E-state index contributed by atoms with van der Waals surface area (Å²) in [6.45, 7) is 3.83. The Bertz CT molecular complexity index is 450. The number of thioether (sulfide) groups is 1. The Kier molecular flexibility index (Phi) is 2.77. The van der Waals surface area contributed by atoms with Crippen LogP contribution in [0.25, 0.3) is 0 Å². The predicted molar refractivity (Wildman–Crippen MR) is 56.5 cm³/mol. The smallest absolute Gasteiger partial charge is 0.239 e. The van der Waals surface area contributed by atoms with Crippen LogP contribution in [0.2, 0.25) is 0 Å². The molecule has 0 aliphatic carbocycles. The molecular weight excluding hydrogens is 212 g/mol. The minimum Gasteiger partial charge on any atom is -0.338 e.